The van der Waals surface area contributed by atoms with E-state index in [1.165, 1.54) is 30.3 Å². The molecular formula is C14H12ClN3O5S2. The van der Waals surface area contributed by atoms with Crippen molar-refractivity contribution in [3.63, 3.8) is 0 Å². The molecule has 1 amide bonds. The molecular weight excluding hydrogens is 390 g/mol. The molecule has 0 fully saturated rings. The van der Waals surface area contributed by atoms with Gasteiger partial charge in [0, 0.05) is 5.69 Å². The van der Waals surface area contributed by atoms with Crippen molar-refractivity contribution < 1.29 is 21.6 Å². The number of nitrogens with two attached hydrogens (primary N) is 1. The van der Waals surface area contributed by atoms with Gasteiger partial charge in [0.25, 0.3) is 10.0 Å². The summed E-state index contributed by atoms with van der Waals surface area (Å²) in [7, 11) is -8.15. The summed E-state index contributed by atoms with van der Waals surface area (Å²) >= 11 is 6.06. The zero-order chi connectivity index (χ0) is 18.4. The van der Waals surface area contributed by atoms with Crippen molar-refractivity contribution in [1.29, 1.82) is 0 Å². The highest BCUT2D eigenvalue weighted by molar-refractivity contribution is 7.93. The molecule has 25 heavy (non-hydrogen) atoms. The maximum atomic E-state index is 12.5. The fraction of sp³-hybridized carbons (Fsp3) is 0.0714. The maximum Gasteiger partial charge on any atom is 0.261 e. The zero-order valence-corrected chi connectivity index (χ0v) is 14.9. The molecule has 4 N–H and O–H groups in total. The lowest BCUT2D eigenvalue weighted by molar-refractivity contribution is -0.115. The topological polar surface area (TPSA) is 135 Å². The highest BCUT2D eigenvalue weighted by atomic mass is 35.5. The molecule has 0 bridgehead atoms. The first-order chi connectivity index (χ1) is 11.6. The average Bonchev–Trinajstić information content (AvgIpc) is 2.85. The van der Waals surface area contributed by atoms with E-state index < -0.39 is 20.0 Å². The van der Waals surface area contributed by atoms with Crippen LogP contribution in [0.1, 0.15) is 5.56 Å². The number of nitrogens with one attached hydrogen (secondary N) is 2. The fourth-order valence-corrected chi connectivity index (χ4v) is 4.37. The standard InChI is InChI=1S/C14H12ClN3O5S2/c15-11-7-12-8(5-14(19)17-12)4-13(11)18-25(22,23)10-3-1-2-9(6-10)24(16,20)21/h1-4,6-7,18H,5H2,(H,17,19)(H2,16,20,21). The smallest absolute Gasteiger partial charge is 0.261 e. The van der Waals surface area contributed by atoms with Crippen LogP contribution in [0.2, 0.25) is 5.02 Å². The Morgan fingerprint density at radius 2 is 1.76 bits per heavy atom. The Morgan fingerprint density at radius 3 is 2.44 bits per heavy atom. The molecule has 132 valence electrons. The number of fused-ring (bicyclic) bond motifs is 1. The number of carbonyl (C=O) groups is 1. The normalized spacial score (nSPS) is 14.1. The number of benzene rings is 2. The Kier molecular flexibility index (Phi) is 4.23. The minimum absolute atomic E-state index is 0.0814. The van der Waals surface area contributed by atoms with Crippen molar-refractivity contribution >= 4 is 48.9 Å². The molecule has 1 heterocycles. The van der Waals surface area contributed by atoms with Crippen LogP contribution in [0.15, 0.2) is 46.2 Å². The summed E-state index contributed by atoms with van der Waals surface area (Å²) < 4.78 is 50.1. The molecule has 1 aliphatic heterocycles. The lowest BCUT2D eigenvalue weighted by atomic mass is 10.1. The first-order valence-corrected chi connectivity index (χ1v) is 10.2. The van der Waals surface area contributed by atoms with Crippen molar-refractivity contribution in [1.82, 2.24) is 0 Å². The molecule has 2 aromatic rings. The molecule has 0 saturated carbocycles. The van der Waals surface area contributed by atoms with Gasteiger partial charge in [0.05, 0.1) is 26.9 Å². The zero-order valence-electron chi connectivity index (χ0n) is 12.5. The van der Waals surface area contributed by atoms with Crippen LogP contribution < -0.4 is 15.2 Å². The Hall–Kier alpha value is -2.14. The number of hydrogen-bond acceptors (Lipinski definition) is 5. The van der Waals surface area contributed by atoms with Crippen LogP contribution in [0, 0.1) is 0 Å². The summed E-state index contributed by atoms with van der Waals surface area (Å²) in [4.78, 5) is 10.8. The number of carbonyl (C=O) groups excluding carboxylic acids is 1. The van der Waals surface area contributed by atoms with Gasteiger partial charge in [-0.05, 0) is 35.9 Å². The van der Waals surface area contributed by atoms with Crippen LogP contribution in [-0.2, 0) is 31.3 Å². The van der Waals surface area contributed by atoms with Crippen LogP contribution in [-0.4, -0.2) is 22.7 Å². The van der Waals surface area contributed by atoms with Crippen LogP contribution in [0.3, 0.4) is 0 Å². The van der Waals surface area contributed by atoms with Gasteiger partial charge in [-0.2, -0.15) is 0 Å². The number of primary sulfonamides is 1. The molecule has 0 spiro atoms. The molecule has 0 aliphatic carbocycles. The minimum Gasteiger partial charge on any atom is -0.325 e. The third kappa shape index (κ3) is 3.61. The Balaban J connectivity index is 1.98. The predicted octanol–water partition coefficient (Wildman–Crippen LogP) is 1.28. The quantitative estimate of drug-likeness (QED) is 0.709. The lowest BCUT2D eigenvalue weighted by Crippen LogP contribution is -2.16. The number of rotatable bonds is 4. The number of amides is 1. The average molecular weight is 402 g/mol. The molecule has 0 saturated heterocycles. The molecule has 8 nitrogen and oxygen atoms in total. The Labute approximate surface area is 149 Å². The molecule has 2 aromatic carbocycles. The van der Waals surface area contributed by atoms with E-state index in [2.05, 4.69) is 10.0 Å². The van der Waals surface area contributed by atoms with E-state index >= 15 is 0 Å². The minimum atomic E-state index is -4.11. The lowest BCUT2D eigenvalue weighted by Gasteiger charge is -2.12. The molecule has 0 unspecified atom stereocenters. The number of anilines is 2. The monoisotopic (exact) mass is 401 g/mol. The molecule has 0 aromatic heterocycles. The maximum absolute atomic E-state index is 12.5. The van der Waals surface area contributed by atoms with Crippen molar-refractivity contribution in [2.45, 2.75) is 16.2 Å². The number of sulfonamides is 2. The molecule has 3 rings (SSSR count). The van der Waals surface area contributed by atoms with E-state index in [9.17, 15) is 21.6 Å². The first kappa shape index (κ1) is 17.7. The van der Waals surface area contributed by atoms with Crippen molar-refractivity contribution in [2.24, 2.45) is 5.14 Å². The van der Waals surface area contributed by atoms with Crippen LogP contribution in [0.25, 0.3) is 0 Å². The molecule has 1 aliphatic rings. The van der Waals surface area contributed by atoms with Gasteiger partial charge >= 0.3 is 0 Å². The summed E-state index contributed by atoms with van der Waals surface area (Å²) in [6, 6.07) is 7.53. The summed E-state index contributed by atoms with van der Waals surface area (Å²) in [5.74, 6) is -0.216. The van der Waals surface area contributed by atoms with Gasteiger partial charge in [-0.3, -0.25) is 9.52 Å². The first-order valence-electron chi connectivity index (χ1n) is 6.84. The molecule has 11 heteroatoms. The van der Waals surface area contributed by atoms with Gasteiger partial charge in [-0.15, -0.1) is 0 Å². The van der Waals surface area contributed by atoms with Crippen molar-refractivity contribution in [3.05, 3.63) is 47.0 Å². The predicted molar refractivity (Wildman–Crippen MR) is 92.4 cm³/mol. The summed E-state index contributed by atoms with van der Waals surface area (Å²) in [5, 5.41) is 7.71. The van der Waals surface area contributed by atoms with Gasteiger partial charge in [-0.25, -0.2) is 22.0 Å². The second-order valence-corrected chi connectivity index (χ2v) is 8.99. The van der Waals surface area contributed by atoms with Gasteiger partial charge < -0.3 is 5.32 Å². The number of hydrogen-bond donors (Lipinski definition) is 3. The van der Waals surface area contributed by atoms with Gasteiger partial charge in [0.1, 0.15) is 0 Å². The molecule has 0 radical (unpaired) electrons. The largest absolute Gasteiger partial charge is 0.325 e. The van der Waals surface area contributed by atoms with E-state index in [4.69, 9.17) is 16.7 Å². The highest BCUT2D eigenvalue weighted by Crippen LogP contribution is 2.34. The van der Waals surface area contributed by atoms with E-state index in [1.54, 1.807) is 0 Å². The van der Waals surface area contributed by atoms with Gasteiger partial charge in [0.2, 0.25) is 15.9 Å². The van der Waals surface area contributed by atoms with Crippen LogP contribution in [0.5, 0.6) is 0 Å². The van der Waals surface area contributed by atoms with E-state index in [1.807, 2.05) is 0 Å². The van der Waals surface area contributed by atoms with Crippen LogP contribution >= 0.6 is 11.6 Å². The van der Waals surface area contributed by atoms with E-state index in [0.717, 1.165) is 6.07 Å². The Bertz CT molecular complexity index is 1100. The summed E-state index contributed by atoms with van der Waals surface area (Å²) in [5.41, 5.74) is 1.21. The van der Waals surface area contributed by atoms with Gasteiger partial charge in [-0.1, -0.05) is 17.7 Å². The second-order valence-electron chi connectivity index (χ2n) is 5.34. The summed E-state index contributed by atoms with van der Waals surface area (Å²) in [6.45, 7) is 0. The van der Waals surface area contributed by atoms with E-state index in [0.29, 0.717) is 11.3 Å². The third-order valence-corrected chi connectivity index (χ3v) is 6.09. The highest BCUT2D eigenvalue weighted by Gasteiger charge is 2.23. The second kappa shape index (κ2) is 5.99. The SMILES string of the molecule is NS(=O)(=O)c1cccc(S(=O)(=O)Nc2cc3c(cc2Cl)NC(=O)C3)c1. The van der Waals surface area contributed by atoms with Crippen molar-refractivity contribution in [2.75, 3.05) is 10.0 Å². The third-order valence-electron chi connectivity index (χ3n) is 3.51. The van der Waals surface area contributed by atoms with E-state index in [-0.39, 0.29) is 32.8 Å². The van der Waals surface area contributed by atoms with Gasteiger partial charge in [0.15, 0.2) is 0 Å². The summed E-state index contributed by atoms with van der Waals surface area (Å²) in [6.07, 6.45) is 0.113. The van der Waals surface area contributed by atoms with Crippen LogP contribution in [0.4, 0.5) is 11.4 Å². The number of halogens is 1. The fourth-order valence-electron chi connectivity index (χ4n) is 2.35. The molecule has 0 atom stereocenters. The Morgan fingerprint density at radius 1 is 1.08 bits per heavy atom. The van der Waals surface area contributed by atoms with Crippen molar-refractivity contribution in [3.8, 4) is 0 Å².